The van der Waals surface area contributed by atoms with Crippen LogP contribution in [0.4, 0.5) is 0 Å². The molecule has 0 aliphatic heterocycles. The van der Waals surface area contributed by atoms with E-state index in [1.807, 2.05) is 44.2 Å². The summed E-state index contributed by atoms with van der Waals surface area (Å²) < 4.78 is 1.03. The lowest BCUT2D eigenvalue weighted by Crippen LogP contribution is -2.42. The van der Waals surface area contributed by atoms with E-state index in [0.29, 0.717) is 5.56 Å². The normalized spacial score (nSPS) is 11.8. The van der Waals surface area contributed by atoms with Crippen LogP contribution in [0.25, 0.3) is 0 Å². The summed E-state index contributed by atoms with van der Waals surface area (Å²) in [7, 11) is 0. The lowest BCUT2D eigenvalue weighted by molar-refractivity contribution is -0.139. The van der Waals surface area contributed by atoms with Gasteiger partial charge in [-0.05, 0) is 66.3 Å². The van der Waals surface area contributed by atoms with Gasteiger partial charge in [0.25, 0.3) is 5.91 Å². The standard InChI is InChI=1S/C18H18INO3/c1-11-6-12(2)8-14(7-11)17(21)20-16(18(22)23)10-13-4-3-5-15(19)9-13/h3-9,16H,10H2,1-2H3,(H,20,21)(H,22,23)/t16-/m0/s1. The highest BCUT2D eigenvalue weighted by Crippen LogP contribution is 2.12. The van der Waals surface area contributed by atoms with Crippen LogP contribution in [0.5, 0.6) is 0 Å². The number of carbonyl (C=O) groups excluding carboxylic acids is 1. The molecule has 120 valence electrons. The first kappa shape index (κ1) is 17.5. The van der Waals surface area contributed by atoms with Gasteiger partial charge in [0, 0.05) is 15.6 Å². The van der Waals surface area contributed by atoms with E-state index in [0.717, 1.165) is 20.3 Å². The fourth-order valence-corrected chi connectivity index (χ4v) is 3.05. The quantitative estimate of drug-likeness (QED) is 0.726. The maximum atomic E-state index is 12.3. The van der Waals surface area contributed by atoms with Crippen LogP contribution in [-0.4, -0.2) is 23.0 Å². The first-order valence-corrected chi connectivity index (χ1v) is 8.29. The largest absolute Gasteiger partial charge is 0.480 e. The van der Waals surface area contributed by atoms with E-state index in [2.05, 4.69) is 27.9 Å². The Bertz CT molecular complexity index is 723. The van der Waals surface area contributed by atoms with Gasteiger partial charge in [0.15, 0.2) is 0 Å². The molecule has 23 heavy (non-hydrogen) atoms. The van der Waals surface area contributed by atoms with E-state index in [9.17, 15) is 14.7 Å². The van der Waals surface area contributed by atoms with Gasteiger partial charge < -0.3 is 10.4 Å². The van der Waals surface area contributed by atoms with Crippen LogP contribution in [0.3, 0.4) is 0 Å². The molecule has 2 aromatic rings. The summed E-state index contributed by atoms with van der Waals surface area (Å²) in [6, 6.07) is 12.1. The Balaban J connectivity index is 2.15. The van der Waals surface area contributed by atoms with Crippen molar-refractivity contribution in [3.05, 3.63) is 68.3 Å². The van der Waals surface area contributed by atoms with Crippen molar-refractivity contribution in [2.24, 2.45) is 0 Å². The van der Waals surface area contributed by atoms with Crippen LogP contribution < -0.4 is 5.32 Å². The minimum Gasteiger partial charge on any atom is -0.480 e. The highest BCUT2D eigenvalue weighted by atomic mass is 127. The number of hydrogen-bond donors (Lipinski definition) is 2. The zero-order chi connectivity index (χ0) is 17.0. The van der Waals surface area contributed by atoms with Crippen LogP contribution in [-0.2, 0) is 11.2 Å². The maximum absolute atomic E-state index is 12.3. The van der Waals surface area contributed by atoms with Crippen molar-refractivity contribution in [1.82, 2.24) is 5.32 Å². The van der Waals surface area contributed by atoms with Crippen LogP contribution in [0, 0.1) is 17.4 Å². The SMILES string of the molecule is Cc1cc(C)cc(C(=O)N[C@@H](Cc2cccc(I)c2)C(=O)O)c1. The topological polar surface area (TPSA) is 66.4 Å². The Labute approximate surface area is 149 Å². The second-order valence-corrected chi connectivity index (χ2v) is 6.82. The molecule has 0 aliphatic rings. The first-order chi connectivity index (χ1) is 10.8. The summed E-state index contributed by atoms with van der Waals surface area (Å²) in [6.45, 7) is 3.81. The van der Waals surface area contributed by atoms with Crippen molar-refractivity contribution >= 4 is 34.5 Å². The van der Waals surface area contributed by atoms with E-state index in [1.54, 1.807) is 12.1 Å². The second kappa shape index (κ2) is 7.59. The third-order valence-electron chi connectivity index (χ3n) is 3.42. The Morgan fingerprint density at radius 1 is 1.13 bits per heavy atom. The molecule has 0 bridgehead atoms. The number of hydrogen-bond acceptors (Lipinski definition) is 2. The summed E-state index contributed by atoms with van der Waals surface area (Å²) in [5.41, 5.74) is 3.31. The predicted molar refractivity (Wildman–Crippen MR) is 97.7 cm³/mol. The van der Waals surface area contributed by atoms with Gasteiger partial charge in [-0.25, -0.2) is 4.79 Å². The van der Waals surface area contributed by atoms with Crippen LogP contribution >= 0.6 is 22.6 Å². The van der Waals surface area contributed by atoms with Gasteiger partial charge in [0.2, 0.25) is 0 Å². The Morgan fingerprint density at radius 2 is 1.78 bits per heavy atom. The molecule has 2 N–H and O–H groups in total. The molecule has 1 atom stereocenters. The number of carboxylic acid groups (broad SMARTS) is 1. The second-order valence-electron chi connectivity index (χ2n) is 5.57. The molecule has 0 spiro atoms. The van der Waals surface area contributed by atoms with Gasteiger partial charge >= 0.3 is 5.97 Å². The van der Waals surface area contributed by atoms with E-state index in [-0.39, 0.29) is 12.3 Å². The lowest BCUT2D eigenvalue weighted by Gasteiger charge is -2.15. The van der Waals surface area contributed by atoms with Gasteiger partial charge in [0.1, 0.15) is 6.04 Å². The third-order valence-corrected chi connectivity index (χ3v) is 4.09. The summed E-state index contributed by atoms with van der Waals surface area (Å²) in [6.07, 6.45) is 0.253. The summed E-state index contributed by atoms with van der Waals surface area (Å²) in [5, 5.41) is 12.0. The highest BCUT2D eigenvalue weighted by molar-refractivity contribution is 14.1. The number of amides is 1. The molecule has 2 rings (SSSR count). The number of aryl methyl sites for hydroxylation is 2. The van der Waals surface area contributed by atoms with E-state index >= 15 is 0 Å². The smallest absolute Gasteiger partial charge is 0.326 e. The zero-order valence-corrected chi connectivity index (χ0v) is 15.1. The molecule has 5 heteroatoms. The van der Waals surface area contributed by atoms with Gasteiger partial charge in [-0.15, -0.1) is 0 Å². The summed E-state index contributed by atoms with van der Waals surface area (Å²) >= 11 is 2.18. The van der Waals surface area contributed by atoms with Crippen molar-refractivity contribution in [2.45, 2.75) is 26.3 Å². The molecule has 4 nitrogen and oxygen atoms in total. The number of halogens is 1. The van der Waals surface area contributed by atoms with Crippen molar-refractivity contribution in [3.63, 3.8) is 0 Å². The molecular formula is C18H18INO3. The number of carbonyl (C=O) groups is 2. The van der Waals surface area contributed by atoms with Crippen molar-refractivity contribution in [3.8, 4) is 0 Å². The molecule has 0 heterocycles. The Morgan fingerprint density at radius 3 is 2.35 bits per heavy atom. The van der Waals surface area contributed by atoms with Gasteiger partial charge in [-0.2, -0.15) is 0 Å². The number of rotatable bonds is 5. The monoisotopic (exact) mass is 423 g/mol. The van der Waals surface area contributed by atoms with Crippen LogP contribution in [0.15, 0.2) is 42.5 Å². The molecule has 1 amide bonds. The lowest BCUT2D eigenvalue weighted by atomic mass is 10.0. The number of nitrogens with one attached hydrogen (secondary N) is 1. The molecule has 0 radical (unpaired) electrons. The maximum Gasteiger partial charge on any atom is 0.326 e. The molecule has 0 saturated carbocycles. The third kappa shape index (κ3) is 5.06. The van der Waals surface area contributed by atoms with Crippen LogP contribution in [0.2, 0.25) is 0 Å². The molecule has 2 aromatic carbocycles. The number of aliphatic carboxylic acids is 1. The highest BCUT2D eigenvalue weighted by Gasteiger charge is 2.21. The van der Waals surface area contributed by atoms with Crippen molar-refractivity contribution in [1.29, 1.82) is 0 Å². The predicted octanol–water partition coefficient (Wildman–Crippen LogP) is 3.33. The minimum absolute atomic E-state index is 0.253. The van der Waals surface area contributed by atoms with Gasteiger partial charge in [0.05, 0.1) is 0 Å². The minimum atomic E-state index is -1.04. The van der Waals surface area contributed by atoms with Gasteiger partial charge in [-0.1, -0.05) is 29.3 Å². The summed E-state index contributed by atoms with van der Waals surface area (Å²) in [5.74, 6) is -1.41. The molecule has 0 aromatic heterocycles. The molecule has 0 fully saturated rings. The fraction of sp³-hybridized carbons (Fsp3) is 0.222. The van der Waals surface area contributed by atoms with Gasteiger partial charge in [-0.3, -0.25) is 4.79 Å². The molecular weight excluding hydrogens is 405 g/mol. The van der Waals surface area contributed by atoms with E-state index in [1.165, 1.54) is 0 Å². The molecule has 0 aliphatic carbocycles. The van der Waals surface area contributed by atoms with Crippen molar-refractivity contribution < 1.29 is 14.7 Å². The molecule has 0 unspecified atom stereocenters. The first-order valence-electron chi connectivity index (χ1n) is 7.21. The summed E-state index contributed by atoms with van der Waals surface area (Å²) in [4.78, 5) is 23.8. The Kier molecular flexibility index (Phi) is 5.76. The van der Waals surface area contributed by atoms with Crippen LogP contribution in [0.1, 0.15) is 27.0 Å². The zero-order valence-electron chi connectivity index (χ0n) is 13.0. The number of benzene rings is 2. The van der Waals surface area contributed by atoms with E-state index in [4.69, 9.17) is 0 Å². The average molecular weight is 423 g/mol. The fourth-order valence-electron chi connectivity index (χ4n) is 2.45. The Hall–Kier alpha value is -1.89. The number of carboxylic acids is 1. The van der Waals surface area contributed by atoms with Crippen molar-refractivity contribution in [2.75, 3.05) is 0 Å². The molecule has 0 saturated heterocycles. The average Bonchev–Trinajstić information content (AvgIpc) is 2.45. The van der Waals surface area contributed by atoms with E-state index < -0.39 is 12.0 Å².